The highest BCUT2D eigenvalue weighted by atomic mass is 28.4. The number of hydrogen-bond donors (Lipinski definition) is 0. The average molecular weight is 206 g/mol. The van der Waals surface area contributed by atoms with Gasteiger partial charge in [-0.05, 0) is 12.8 Å². The quantitative estimate of drug-likeness (QED) is 0.437. The van der Waals surface area contributed by atoms with Gasteiger partial charge in [0.25, 0.3) is 0 Å². The van der Waals surface area contributed by atoms with Gasteiger partial charge < -0.3 is 0 Å². The Kier molecular flexibility index (Phi) is 3.15. The molecule has 1 saturated carbocycles. The molecule has 0 heterocycles. The van der Waals surface area contributed by atoms with E-state index in [4.69, 9.17) is 0 Å². The molecule has 0 N–H and O–H groups in total. The monoisotopic (exact) mass is 206 g/mol. The molecule has 1 fully saturated rings. The van der Waals surface area contributed by atoms with Gasteiger partial charge >= 0.3 is 8.74 Å². The van der Waals surface area contributed by atoms with Crippen molar-refractivity contribution in [3.8, 4) is 0 Å². The first-order valence-corrected chi connectivity index (χ1v) is 7.07. The molecular weight excluding hydrogens is 186 g/mol. The number of rotatable bonds is 1. The summed E-state index contributed by atoms with van der Waals surface area (Å²) in [5.41, 5.74) is -0.235. The fourth-order valence-corrected chi connectivity index (χ4v) is 4.44. The molecule has 0 radical (unpaired) electrons. The fraction of sp³-hybridized carbons (Fsp3) is 1.00. The van der Waals surface area contributed by atoms with Crippen molar-refractivity contribution >= 4 is 8.74 Å². The van der Waals surface area contributed by atoms with Gasteiger partial charge in [-0.1, -0.05) is 40.0 Å². The fourth-order valence-electron chi connectivity index (χ4n) is 2.08. The molecule has 13 heavy (non-hydrogen) atoms. The van der Waals surface area contributed by atoms with E-state index in [9.17, 15) is 8.22 Å². The molecule has 0 unspecified atom stereocenters. The van der Waals surface area contributed by atoms with E-state index in [0.29, 0.717) is 0 Å². The second-order valence-corrected chi connectivity index (χ2v) is 8.77. The van der Waals surface area contributed by atoms with Crippen LogP contribution in [0.5, 0.6) is 0 Å². The Morgan fingerprint density at radius 1 is 1.00 bits per heavy atom. The molecule has 1 rings (SSSR count). The van der Waals surface area contributed by atoms with E-state index in [0.717, 1.165) is 32.1 Å². The summed E-state index contributed by atoms with van der Waals surface area (Å²) in [6, 6.07) is 0. The molecule has 1 aliphatic carbocycles. The Labute approximate surface area is 81.1 Å². The second kappa shape index (κ2) is 3.68. The van der Waals surface area contributed by atoms with Crippen molar-refractivity contribution in [1.82, 2.24) is 0 Å². The minimum absolute atomic E-state index is 0.235. The van der Waals surface area contributed by atoms with E-state index in [1.807, 2.05) is 0 Å². The van der Waals surface area contributed by atoms with Gasteiger partial charge in [0.05, 0.1) is 0 Å². The molecule has 0 aliphatic heterocycles. The molecule has 0 spiro atoms. The molecule has 0 aromatic rings. The topological polar surface area (TPSA) is 0 Å². The van der Waals surface area contributed by atoms with Crippen molar-refractivity contribution in [2.45, 2.75) is 63.5 Å². The standard InChI is InChI=1S/C10H20F2Si/c1-10(2,3)13(11,12)9-7-5-4-6-8-9/h9H,4-8H2,1-3H3. The number of halogens is 2. The van der Waals surface area contributed by atoms with Crippen LogP contribution in [0.3, 0.4) is 0 Å². The maximum atomic E-state index is 14.0. The highest BCUT2D eigenvalue weighted by Crippen LogP contribution is 2.50. The molecule has 0 bridgehead atoms. The molecule has 1 aliphatic rings. The van der Waals surface area contributed by atoms with Crippen LogP contribution in [0.25, 0.3) is 0 Å². The lowest BCUT2D eigenvalue weighted by atomic mass is 10.0. The van der Waals surface area contributed by atoms with Crippen LogP contribution in [-0.4, -0.2) is 8.74 Å². The normalized spacial score (nSPS) is 21.9. The zero-order valence-corrected chi connectivity index (χ0v) is 9.87. The Morgan fingerprint density at radius 2 is 1.46 bits per heavy atom. The van der Waals surface area contributed by atoms with E-state index < -0.39 is 13.8 Å². The van der Waals surface area contributed by atoms with E-state index in [1.54, 1.807) is 20.8 Å². The largest absolute Gasteiger partial charge is 0.433 e. The first-order valence-electron chi connectivity index (χ1n) is 5.23. The maximum Gasteiger partial charge on any atom is 0.433 e. The molecule has 0 aromatic heterocycles. The maximum absolute atomic E-state index is 14.0. The van der Waals surface area contributed by atoms with Gasteiger partial charge in [-0.3, -0.25) is 8.22 Å². The zero-order chi connectivity index (χ0) is 10.1. The van der Waals surface area contributed by atoms with Gasteiger partial charge in [0.2, 0.25) is 0 Å². The summed E-state index contributed by atoms with van der Waals surface area (Å²) in [6.07, 6.45) is 4.74. The molecule has 0 amide bonds. The van der Waals surface area contributed by atoms with Crippen LogP contribution in [0.2, 0.25) is 10.6 Å². The highest BCUT2D eigenvalue weighted by molar-refractivity contribution is 6.70. The third-order valence-electron chi connectivity index (χ3n) is 3.12. The smallest absolute Gasteiger partial charge is 0.270 e. The molecule has 78 valence electrons. The van der Waals surface area contributed by atoms with E-state index in [1.165, 1.54) is 0 Å². The third kappa shape index (κ3) is 2.30. The van der Waals surface area contributed by atoms with Crippen LogP contribution in [-0.2, 0) is 0 Å². The highest BCUT2D eigenvalue weighted by Gasteiger charge is 2.54. The summed E-state index contributed by atoms with van der Waals surface area (Å²) in [4.78, 5) is 0. The summed E-state index contributed by atoms with van der Waals surface area (Å²) < 4.78 is 27.9. The molecule has 0 saturated heterocycles. The van der Waals surface area contributed by atoms with Crippen molar-refractivity contribution in [2.75, 3.05) is 0 Å². The second-order valence-electron chi connectivity index (χ2n) is 5.21. The Balaban J connectivity index is 2.67. The van der Waals surface area contributed by atoms with Gasteiger partial charge in [-0.15, -0.1) is 0 Å². The molecule has 0 aromatic carbocycles. The molecule has 0 atom stereocenters. The van der Waals surface area contributed by atoms with E-state index >= 15 is 0 Å². The molecular formula is C10H20F2Si. The minimum atomic E-state index is -4.00. The summed E-state index contributed by atoms with van der Waals surface area (Å²) >= 11 is 0. The van der Waals surface area contributed by atoms with Crippen LogP contribution in [0.1, 0.15) is 52.9 Å². The lowest BCUT2D eigenvalue weighted by molar-refractivity contribution is 0.394. The van der Waals surface area contributed by atoms with Crippen molar-refractivity contribution in [3.05, 3.63) is 0 Å². The lowest BCUT2D eigenvalue weighted by Gasteiger charge is -2.35. The van der Waals surface area contributed by atoms with E-state index in [2.05, 4.69) is 0 Å². The van der Waals surface area contributed by atoms with Crippen molar-refractivity contribution in [3.63, 3.8) is 0 Å². The van der Waals surface area contributed by atoms with Crippen LogP contribution < -0.4 is 0 Å². The van der Waals surface area contributed by atoms with Gasteiger partial charge in [-0.25, -0.2) is 0 Å². The molecule has 3 heteroatoms. The zero-order valence-electron chi connectivity index (χ0n) is 8.87. The van der Waals surface area contributed by atoms with Crippen molar-refractivity contribution < 1.29 is 8.22 Å². The first kappa shape index (κ1) is 11.2. The lowest BCUT2D eigenvalue weighted by Crippen LogP contribution is -2.40. The van der Waals surface area contributed by atoms with Gasteiger partial charge in [-0.2, -0.15) is 0 Å². The van der Waals surface area contributed by atoms with E-state index in [-0.39, 0.29) is 5.54 Å². The molecule has 0 nitrogen and oxygen atoms in total. The van der Waals surface area contributed by atoms with Crippen LogP contribution >= 0.6 is 0 Å². The first-order chi connectivity index (χ1) is 5.86. The van der Waals surface area contributed by atoms with Crippen molar-refractivity contribution in [2.24, 2.45) is 0 Å². The van der Waals surface area contributed by atoms with Crippen LogP contribution in [0, 0.1) is 0 Å². The average Bonchev–Trinajstić information content (AvgIpc) is 2.04. The third-order valence-corrected chi connectivity index (χ3v) is 6.72. The van der Waals surface area contributed by atoms with Gasteiger partial charge in [0, 0.05) is 10.6 Å². The Morgan fingerprint density at radius 3 is 1.85 bits per heavy atom. The number of hydrogen-bond acceptors (Lipinski definition) is 0. The van der Waals surface area contributed by atoms with Crippen LogP contribution in [0.15, 0.2) is 0 Å². The summed E-state index contributed by atoms with van der Waals surface area (Å²) in [6.45, 7) is 5.11. The summed E-state index contributed by atoms with van der Waals surface area (Å²) in [5, 5.41) is -0.741. The summed E-state index contributed by atoms with van der Waals surface area (Å²) in [7, 11) is -4.00. The predicted molar refractivity (Wildman–Crippen MR) is 54.5 cm³/mol. The Hall–Kier alpha value is 0.0769. The van der Waals surface area contributed by atoms with Gasteiger partial charge in [0.15, 0.2) is 0 Å². The van der Waals surface area contributed by atoms with Crippen molar-refractivity contribution in [1.29, 1.82) is 0 Å². The summed E-state index contributed by atoms with van der Waals surface area (Å²) in [5.74, 6) is 0. The van der Waals surface area contributed by atoms with Gasteiger partial charge in [0.1, 0.15) is 0 Å². The minimum Gasteiger partial charge on any atom is -0.270 e. The SMILES string of the molecule is CC(C)(C)[Si](F)(F)C1CCCCC1. The predicted octanol–water partition coefficient (Wildman–Crippen LogP) is 4.50. The van der Waals surface area contributed by atoms with Crippen LogP contribution in [0.4, 0.5) is 8.22 Å². The Bertz CT molecular complexity index is 166.